The maximum Gasteiger partial charge on any atom is 0.243 e. The summed E-state index contributed by atoms with van der Waals surface area (Å²) in [5.41, 5.74) is 5.67. The Balaban J connectivity index is 3.14. The number of anilines is 1. The van der Waals surface area contributed by atoms with E-state index < -0.39 is 10.0 Å². The van der Waals surface area contributed by atoms with E-state index in [1.807, 2.05) is 20.8 Å². The van der Waals surface area contributed by atoms with Gasteiger partial charge in [0.05, 0.1) is 10.0 Å². The van der Waals surface area contributed by atoms with Crippen molar-refractivity contribution in [2.75, 3.05) is 12.3 Å². The highest BCUT2D eigenvalue weighted by atomic mass is 35.5. The molecule has 102 valence electrons. The van der Waals surface area contributed by atoms with Crippen LogP contribution in [0.4, 0.5) is 5.69 Å². The van der Waals surface area contributed by atoms with Crippen LogP contribution in [0.25, 0.3) is 0 Å². The first-order valence-corrected chi connectivity index (χ1v) is 7.51. The van der Waals surface area contributed by atoms with Gasteiger partial charge in [-0.05, 0) is 17.5 Å². The van der Waals surface area contributed by atoms with Gasteiger partial charge in [0.1, 0.15) is 4.90 Å². The van der Waals surface area contributed by atoms with Crippen molar-refractivity contribution >= 4 is 38.9 Å². The molecular weight excluding hydrogens is 295 g/mol. The number of nitrogens with two attached hydrogens (primary N) is 1. The van der Waals surface area contributed by atoms with Gasteiger partial charge in [0.2, 0.25) is 10.0 Å². The van der Waals surface area contributed by atoms with Crippen LogP contribution in [0, 0.1) is 5.41 Å². The minimum atomic E-state index is -3.74. The van der Waals surface area contributed by atoms with Crippen LogP contribution in [0.1, 0.15) is 20.8 Å². The van der Waals surface area contributed by atoms with E-state index in [-0.39, 0.29) is 26.9 Å². The van der Waals surface area contributed by atoms with Crippen molar-refractivity contribution in [2.45, 2.75) is 25.7 Å². The van der Waals surface area contributed by atoms with E-state index in [1.165, 1.54) is 12.1 Å². The number of benzene rings is 1. The number of hydrogen-bond donors (Lipinski definition) is 2. The lowest BCUT2D eigenvalue weighted by Gasteiger charge is -2.19. The van der Waals surface area contributed by atoms with Crippen molar-refractivity contribution < 1.29 is 8.42 Å². The third-order valence-corrected chi connectivity index (χ3v) is 4.40. The molecule has 0 bridgehead atoms. The summed E-state index contributed by atoms with van der Waals surface area (Å²) < 4.78 is 26.7. The largest absolute Gasteiger partial charge is 0.399 e. The lowest BCUT2D eigenvalue weighted by molar-refractivity contribution is 0.407. The fourth-order valence-corrected chi connectivity index (χ4v) is 3.73. The molecule has 0 aliphatic rings. The fraction of sp³-hybridized carbons (Fsp3) is 0.455. The fourth-order valence-electron chi connectivity index (χ4n) is 1.22. The predicted octanol–water partition coefficient (Wildman–Crippen LogP) is 2.90. The molecule has 0 saturated carbocycles. The van der Waals surface area contributed by atoms with Crippen LogP contribution < -0.4 is 10.5 Å². The molecule has 0 spiro atoms. The van der Waals surface area contributed by atoms with Crippen LogP contribution >= 0.6 is 23.2 Å². The zero-order valence-electron chi connectivity index (χ0n) is 10.4. The van der Waals surface area contributed by atoms with E-state index in [9.17, 15) is 8.42 Å². The zero-order chi connectivity index (χ0) is 14.1. The van der Waals surface area contributed by atoms with Crippen molar-refractivity contribution in [3.63, 3.8) is 0 Å². The summed E-state index contributed by atoms with van der Waals surface area (Å²) in [4.78, 5) is -0.135. The van der Waals surface area contributed by atoms with Gasteiger partial charge in [-0.1, -0.05) is 44.0 Å². The van der Waals surface area contributed by atoms with Crippen LogP contribution in [-0.4, -0.2) is 15.0 Å². The van der Waals surface area contributed by atoms with Gasteiger partial charge in [0.25, 0.3) is 0 Å². The first kappa shape index (κ1) is 15.6. The van der Waals surface area contributed by atoms with E-state index in [4.69, 9.17) is 28.9 Å². The predicted molar refractivity (Wildman–Crippen MR) is 75.5 cm³/mol. The Morgan fingerprint density at radius 2 is 1.67 bits per heavy atom. The van der Waals surface area contributed by atoms with Crippen molar-refractivity contribution in [2.24, 2.45) is 5.41 Å². The third kappa shape index (κ3) is 4.02. The van der Waals surface area contributed by atoms with Gasteiger partial charge in [-0.3, -0.25) is 0 Å². The Kier molecular flexibility index (Phi) is 4.54. The Morgan fingerprint density at radius 3 is 2.06 bits per heavy atom. The molecule has 0 amide bonds. The van der Waals surface area contributed by atoms with Gasteiger partial charge >= 0.3 is 0 Å². The highest BCUT2D eigenvalue weighted by Crippen LogP contribution is 2.31. The summed E-state index contributed by atoms with van der Waals surface area (Å²) in [6.45, 7) is 6.04. The van der Waals surface area contributed by atoms with Crippen molar-refractivity contribution in [1.29, 1.82) is 0 Å². The average molecular weight is 311 g/mol. The molecule has 0 aromatic heterocycles. The second kappa shape index (κ2) is 5.25. The number of nitrogens with one attached hydrogen (secondary N) is 1. The van der Waals surface area contributed by atoms with Gasteiger partial charge in [0, 0.05) is 12.2 Å². The van der Waals surface area contributed by atoms with E-state index in [0.29, 0.717) is 5.69 Å². The summed E-state index contributed by atoms with van der Waals surface area (Å²) in [7, 11) is -3.74. The van der Waals surface area contributed by atoms with Crippen molar-refractivity contribution in [1.82, 2.24) is 4.72 Å². The number of halogens is 2. The first-order valence-electron chi connectivity index (χ1n) is 5.27. The lowest BCUT2D eigenvalue weighted by atomic mass is 9.98. The topological polar surface area (TPSA) is 72.2 Å². The summed E-state index contributed by atoms with van der Waals surface area (Å²) in [6.07, 6.45) is 0. The average Bonchev–Trinajstić information content (AvgIpc) is 2.11. The number of hydrogen-bond acceptors (Lipinski definition) is 3. The highest BCUT2D eigenvalue weighted by molar-refractivity contribution is 7.89. The minimum absolute atomic E-state index is 0.0152. The summed E-state index contributed by atoms with van der Waals surface area (Å²) >= 11 is 11.8. The molecule has 1 rings (SSSR count). The molecular formula is C11H16Cl2N2O2S. The van der Waals surface area contributed by atoms with E-state index in [0.717, 1.165) is 0 Å². The molecule has 0 fully saturated rings. The SMILES string of the molecule is CC(C)(C)CNS(=O)(=O)c1c(Cl)cc(N)cc1Cl. The summed E-state index contributed by atoms with van der Waals surface area (Å²) in [6, 6.07) is 2.72. The monoisotopic (exact) mass is 310 g/mol. The van der Waals surface area contributed by atoms with Crippen LogP contribution in [0.3, 0.4) is 0 Å². The molecule has 0 heterocycles. The number of rotatable bonds is 3. The van der Waals surface area contributed by atoms with Gasteiger partial charge in [0.15, 0.2) is 0 Å². The molecule has 1 aromatic carbocycles. The maximum atomic E-state index is 12.1. The minimum Gasteiger partial charge on any atom is -0.399 e. The Labute approximate surface area is 118 Å². The molecule has 0 saturated heterocycles. The molecule has 0 atom stereocenters. The maximum absolute atomic E-state index is 12.1. The molecule has 0 unspecified atom stereocenters. The summed E-state index contributed by atoms with van der Waals surface area (Å²) in [5, 5.41) is 0.0304. The second-order valence-corrected chi connectivity index (χ2v) is 7.72. The molecule has 0 radical (unpaired) electrons. The Morgan fingerprint density at radius 1 is 1.22 bits per heavy atom. The molecule has 7 heteroatoms. The molecule has 0 aliphatic heterocycles. The van der Waals surface area contributed by atoms with Crippen LogP contribution in [0.5, 0.6) is 0 Å². The van der Waals surface area contributed by atoms with Crippen LogP contribution in [0.15, 0.2) is 17.0 Å². The molecule has 3 N–H and O–H groups in total. The molecule has 0 aliphatic carbocycles. The van der Waals surface area contributed by atoms with Crippen LogP contribution in [0.2, 0.25) is 10.0 Å². The Bertz CT molecular complexity index is 528. The molecule has 4 nitrogen and oxygen atoms in total. The zero-order valence-corrected chi connectivity index (χ0v) is 12.7. The highest BCUT2D eigenvalue weighted by Gasteiger charge is 2.24. The first-order chi connectivity index (χ1) is 8.03. The normalized spacial score (nSPS) is 12.7. The lowest BCUT2D eigenvalue weighted by Crippen LogP contribution is -2.32. The third-order valence-electron chi connectivity index (χ3n) is 2.08. The van der Waals surface area contributed by atoms with Gasteiger partial charge in [-0.25, -0.2) is 13.1 Å². The standard InChI is InChI=1S/C11H16Cl2N2O2S/c1-11(2,3)6-15-18(16,17)10-8(12)4-7(14)5-9(10)13/h4-5,15H,6,14H2,1-3H3. The molecule has 1 aromatic rings. The van der Waals surface area contributed by atoms with E-state index >= 15 is 0 Å². The van der Waals surface area contributed by atoms with Gasteiger partial charge in [-0.15, -0.1) is 0 Å². The van der Waals surface area contributed by atoms with Crippen molar-refractivity contribution in [3.05, 3.63) is 22.2 Å². The second-order valence-electron chi connectivity index (χ2n) is 5.20. The smallest absolute Gasteiger partial charge is 0.243 e. The van der Waals surface area contributed by atoms with E-state index in [1.54, 1.807) is 0 Å². The quantitative estimate of drug-likeness (QED) is 0.843. The van der Waals surface area contributed by atoms with E-state index in [2.05, 4.69) is 4.72 Å². The van der Waals surface area contributed by atoms with Gasteiger partial charge in [-0.2, -0.15) is 0 Å². The van der Waals surface area contributed by atoms with Crippen molar-refractivity contribution in [3.8, 4) is 0 Å². The molecule has 18 heavy (non-hydrogen) atoms. The summed E-state index contributed by atoms with van der Waals surface area (Å²) in [5.74, 6) is 0. The van der Waals surface area contributed by atoms with Gasteiger partial charge < -0.3 is 5.73 Å². The Hall–Kier alpha value is -0.490. The number of nitrogen functional groups attached to an aromatic ring is 1. The van der Waals surface area contributed by atoms with Crippen LogP contribution in [-0.2, 0) is 10.0 Å². The number of sulfonamides is 1.